The Morgan fingerprint density at radius 2 is 2.00 bits per heavy atom. The molecule has 17 heavy (non-hydrogen) atoms. The maximum Gasteiger partial charge on any atom is 0.305 e. The number of methoxy groups -OCH3 is 1. The lowest BCUT2D eigenvalue weighted by molar-refractivity contribution is -0.140. The quantitative estimate of drug-likeness (QED) is 0.600. The predicted octanol–water partition coefficient (Wildman–Crippen LogP) is 2.57. The zero-order chi connectivity index (χ0) is 12.3. The molecule has 4 heteroatoms. The highest BCUT2D eigenvalue weighted by Gasteiger charge is 2.14. The maximum absolute atomic E-state index is 11.9. The molecule has 4 nitrogen and oxygen atoms in total. The number of carbonyl (C=O) groups excluding carboxylic acids is 2. The summed E-state index contributed by atoms with van der Waals surface area (Å²) in [7, 11) is 1.31. The van der Waals surface area contributed by atoms with Crippen LogP contribution in [0, 0.1) is 0 Å². The van der Waals surface area contributed by atoms with Crippen LogP contribution in [-0.4, -0.2) is 18.9 Å². The molecule has 0 aliphatic heterocycles. The van der Waals surface area contributed by atoms with Gasteiger partial charge in [-0.25, -0.2) is 0 Å². The summed E-state index contributed by atoms with van der Waals surface area (Å²) in [5, 5.41) is 0.780. The van der Waals surface area contributed by atoms with Crippen LogP contribution in [0.1, 0.15) is 23.2 Å². The number of hydrogen-bond acceptors (Lipinski definition) is 4. The fourth-order valence-corrected chi connectivity index (χ4v) is 1.65. The maximum atomic E-state index is 11.9. The monoisotopic (exact) mass is 232 g/mol. The summed E-state index contributed by atoms with van der Waals surface area (Å²) in [6.45, 7) is 0. The number of fused-ring (bicyclic) bond motifs is 1. The van der Waals surface area contributed by atoms with Crippen LogP contribution in [0.3, 0.4) is 0 Å². The molecular formula is C13H12O4. The molecule has 0 atom stereocenters. The molecule has 0 fully saturated rings. The van der Waals surface area contributed by atoms with Crippen molar-refractivity contribution in [1.82, 2.24) is 0 Å². The summed E-state index contributed by atoms with van der Waals surface area (Å²) in [4.78, 5) is 22.8. The minimum absolute atomic E-state index is 0.0921. The van der Waals surface area contributed by atoms with Crippen molar-refractivity contribution in [3.8, 4) is 0 Å². The van der Waals surface area contributed by atoms with E-state index in [1.165, 1.54) is 13.4 Å². The Balaban J connectivity index is 2.17. The molecule has 0 saturated carbocycles. The number of esters is 1. The lowest BCUT2D eigenvalue weighted by Gasteiger charge is -1.98. The van der Waals surface area contributed by atoms with Gasteiger partial charge in [-0.15, -0.1) is 0 Å². The summed E-state index contributed by atoms with van der Waals surface area (Å²) < 4.78 is 9.76. The molecule has 1 heterocycles. The molecule has 0 amide bonds. The van der Waals surface area contributed by atoms with E-state index < -0.39 is 0 Å². The van der Waals surface area contributed by atoms with Gasteiger partial charge in [0.05, 0.1) is 19.1 Å². The van der Waals surface area contributed by atoms with Crippen molar-refractivity contribution in [2.24, 2.45) is 0 Å². The molecule has 1 aromatic carbocycles. The van der Waals surface area contributed by atoms with E-state index in [1.54, 1.807) is 6.07 Å². The van der Waals surface area contributed by atoms with Crippen molar-refractivity contribution in [2.45, 2.75) is 12.8 Å². The number of carbonyl (C=O) groups is 2. The van der Waals surface area contributed by atoms with Gasteiger partial charge >= 0.3 is 5.97 Å². The van der Waals surface area contributed by atoms with Gasteiger partial charge in [-0.1, -0.05) is 18.2 Å². The fourth-order valence-electron chi connectivity index (χ4n) is 1.65. The van der Waals surface area contributed by atoms with Crippen LogP contribution in [0.2, 0.25) is 0 Å². The average molecular weight is 232 g/mol. The minimum atomic E-state index is -0.383. The van der Waals surface area contributed by atoms with Crippen LogP contribution in [0.25, 0.3) is 11.0 Å². The summed E-state index contributed by atoms with van der Waals surface area (Å²) in [5.41, 5.74) is 1.19. The Bertz CT molecular complexity index is 553. The van der Waals surface area contributed by atoms with Gasteiger partial charge < -0.3 is 9.15 Å². The third kappa shape index (κ3) is 2.36. The normalized spacial score (nSPS) is 10.4. The topological polar surface area (TPSA) is 56.5 Å². The van der Waals surface area contributed by atoms with E-state index in [2.05, 4.69) is 4.74 Å². The first-order chi connectivity index (χ1) is 8.22. The van der Waals surface area contributed by atoms with E-state index in [-0.39, 0.29) is 24.6 Å². The largest absolute Gasteiger partial charge is 0.469 e. The molecule has 0 spiro atoms. The lowest BCUT2D eigenvalue weighted by Crippen LogP contribution is -2.05. The SMILES string of the molecule is COC(=O)CCC(=O)c1coc2ccccc12. The predicted molar refractivity (Wildman–Crippen MR) is 61.8 cm³/mol. The van der Waals surface area contributed by atoms with Gasteiger partial charge in [-0.3, -0.25) is 9.59 Å². The smallest absolute Gasteiger partial charge is 0.305 e. The molecule has 88 valence electrons. The standard InChI is InChI=1S/C13H12O4/c1-16-13(15)7-6-11(14)10-8-17-12-5-3-2-4-9(10)12/h2-5,8H,6-7H2,1H3. The molecule has 2 rings (SSSR count). The van der Waals surface area contributed by atoms with Gasteiger partial charge in [0.25, 0.3) is 0 Å². The van der Waals surface area contributed by atoms with Gasteiger partial charge in [0.15, 0.2) is 5.78 Å². The highest BCUT2D eigenvalue weighted by atomic mass is 16.5. The second kappa shape index (κ2) is 4.82. The molecule has 0 saturated heterocycles. The van der Waals surface area contributed by atoms with Crippen molar-refractivity contribution in [3.05, 3.63) is 36.1 Å². The molecule has 0 aliphatic rings. The van der Waals surface area contributed by atoms with Gasteiger partial charge in [0.1, 0.15) is 11.8 Å². The van der Waals surface area contributed by atoms with Gasteiger partial charge in [-0.2, -0.15) is 0 Å². The first-order valence-corrected chi connectivity index (χ1v) is 5.28. The molecule has 0 radical (unpaired) electrons. The van der Waals surface area contributed by atoms with Crippen molar-refractivity contribution >= 4 is 22.7 Å². The molecule has 0 bridgehead atoms. The molecular weight excluding hydrogens is 220 g/mol. The van der Waals surface area contributed by atoms with Crippen LogP contribution in [0.15, 0.2) is 34.9 Å². The van der Waals surface area contributed by atoms with Gasteiger partial charge in [0, 0.05) is 11.8 Å². The Morgan fingerprint density at radius 3 is 2.76 bits per heavy atom. The number of ketones is 1. The van der Waals surface area contributed by atoms with Crippen LogP contribution in [0.5, 0.6) is 0 Å². The first kappa shape index (κ1) is 11.4. The lowest BCUT2D eigenvalue weighted by atomic mass is 10.1. The van der Waals surface area contributed by atoms with Gasteiger partial charge in [0.2, 0.25) is 0 Å². The molecule has 0 unspecified atom stereocenters. The van der Waals surface area contributed by atoms with Crippen LogP contribution < -0.4 is 0 Å². The first-order valence-electron chi connectivity index (χ1n) is 5.28. The summed E-state index contributed by atoms with van der Waals surface area (Å²) in [6, 6.07) is 7.31. The second-order valence-corrected chi connectivity index (χ2v) is 3.64. The highest BCUT2D eigenvalue weighted by molar-refractivity contribution is 6.07. The van der Waals surface area contributed by atoms with Crippen molar-refractivity contribution < 1.29 is 18.7 Å². The Kier molecular flexibility index (Phi) is 3.23. The molecule has 2 aromatic rings. The van der Waals surface area contributed by atoms with Crippen molar-refractivity contribution in [3.63, 3.8) is 0 Å². The summed E-state index contributed by atoms with van der Waals surface area (Å²) in [5.74, 6) is -0.494. The van der Waals surface area contributed by atoms with E-state index in [1.807, 2.05) is 18.2 Å². The number of furan rings is 1. The van der Waals surface area contributed by atoms with E-state index in [0.29, 0.717) is 11.1 Å². The molecule has 0 aliphatic carbocycles. The average Bonchev–Trinajstić information content (AvgIpc) is 2.79. The number of hydrogen-bond donors (Lipinski definition) is 0. The van der Waals surface area contributed by atoms with E-state index in [0.717, 1.165) is 5.39 Å². The third-order valence-electron chi connectivity index (χ3n) is 2.57. The Morgan fingerprint density at radius 1 is 1.24 bits per heavy atom. The van der Waals surface area contributed by atoms with E-state index in [4.69, 9.17) is 4.42 Å². The second-order valence-electron chi connectivity index (χ2n) is 3.64. The Labute approximate surface area is 98.2 Å². The van der Waals surface area contributed by atoms with Gasteiger partial charge in [-0.05, 0) is 6.07 Å². The van der Waals surface area contributed by atoms with E-state index in [9.17, 15) is 9.59 Å². The fraction of sp³-hybridized carbons (Fsp3) is 0.231. The van der Waals surface area contributed by atoms with Crippen molar-refractivity contribution in [1.29, 1.82) is 0 Å². The molecule has 1 aromatic heterocycles. The zero-order valence-electron chi connectivity index (χ0n) is 9.43. The number of benzene rings is 1. The molecule has 0 N–H and O–H groups in total. The zero-order valence-corrected chi connectivity index (χ0v) is 9.43. The van der Waals surface area contributed by atoms with Crippen LogP contribution in [0.4, 0.5) is 0 Å². The third-order valence-corrected chi connectivity index (χ3v) is 2.57. The van der Waals surface area contributed by atoms with Crippen LogP contribution in [-0.2, 0) is 9.53 Å². The number of Topliss-reactive ketones (excluding diaryl/α,β-unsaturated/α-hetero) is 1. The van der Waals surface area contributed by atoms with E-state index >= 15 is 0 Å². The highest BCUT2D eigenvalue weighted by Crippen LogP contribution is 2.22. The summed E-state index contributed by atoms with van der Waals surface area (Å²) >= 11 is 0. The minimum Gasteiger partial charge on any atom is -0.469 e. The number of rotatable bonds is 4. The van der Waals surface area contributed by atoms with Crippen LogP contribution >= 0.6 is 0 Å². The number of ether oxygens (including phenoxy) is 1. The van der Waals surface area contributed by atoms with Crippen molar-refractivity contribution in [2.75, 3.05) is 7.11 Å². The summed E-state index contributed by atoms with van der Waals surface area (Å²) in [6.07, 6.45) is 1.66. The number of para-hydroxylation sites is 1. The Hall–Kier alpha value is -2.10.